The van der Waals surface area contributed by atoms with E-state index in [-0.39, 0.29) is 21.3 Å². The Morgan fingerprint density at radius 1 is 1.18 bits per heavy atom. The largest absolute Gasteiger partial charge is 0.332 e. The van der Waals surface area contributed by atoms with Gasteiger partial charge in [0.05, 0.1) is 9.82 Å². The van der Waals surface area contributed by atoms with Crippen molar-refractivity contribution in [1.82, 2.24) is 10.0 Å². The monoisotopic (exact) mass is 422 g/mol. The Bertz CT molecular complexity index is 991. The molecule has 3 N–H and O–H groups in total. The van der Waals surface area contributed by atoms with Crippen LogP contribution < -0.4 is 15.4 Å². The summed E-state index contributed by atoms with van der Waals surface area (Å²) in [4.78, 5) is 22.5. The third kappa shape index (κ3) is 5.81. The highest BCUT2D eigenvalue weighted by Gasteiger charge is 2.14. The number of thiocarbonyl (C=S) groups is 1. The molecule has 9 nitrogen and oxygen atoms in total. The Hall–Kier alpha value is -2.89. The van der Waals surface area contributed by atoms with E-state index in [2.05, 4.69) is 15.4 Å². The van der Waals surface area contributed by atoms with Gasteiger partial charge in [-0.2, -0.15) is 0 Å². The molecule has 2 aromatic carbocycles. The predicted molar refractivity (Wildman–Crippen MR) is 109 cm³/mol. The number of non-ortho nitro benzene ring substituents is 1. The van der Waals surface area contributed by atoms with E-state index in [9.17, 15) is 23.3 Å². The highest BCUT2D eigenvalue weighted by Crippen LogP contribution is 2.15. The average Bonchev–Trinajstić information content (AvgIpc) is 2.66. The molecular formula is C17H18N4O5S2. The number of nitrogens with zero attached hydrogens (tertiary/aromatic N) is 1. The number of nitrogens with one attached hydrogen (secondary N) is 3. The van der Waals surface area contributed by atoms with Crippen LogP contribution in [0.15, 0.2) is 53.4 Å². The first-order valence-electron chi connectivity index (χ1n) is 8.19. The number of sulfonamides is 1. The zero-order valence-electron chi connectivity index (χ0n) is 14.8. The molecule has 0 atom stereocenters. The molecule has 0 spiro atoms. The second-order valence-electron chi connectivity index (χ2n) is 5.64. The Labute approximate surface area is 167 Å². The summed E-state index contributed by atoms with van der Waals surface area (Å²) >= 11 is 5.05. The summed E-state index contributed by atoms with van der Waals surface area (Å²) in [7, 11) is -3.57. The number of hydrogen-bond acceptors (Lipinski definition) is 6. The predicted octanol–water partition coefficient (Wildman–Crippen LogP) is 2.41. The maximum Gasteiger partial charge on any atom is 0.270 e. The van der Waals surface area contributed by atoms with Gasteiger partial charge in [-0.25, -0.2) is 13.1 Å². The molecule has 0 aliphatic rings. The van der Waals surface area contributed by atoms with E-state index in [1.54, 1.807) is 0 Å². The van der Waals surface area contributed by atoms with Gasteiger partial charge in [0.25, 0.3) is 11.6 Å². The fourth-order valence-electron chi connectivity index (χ4n) is 2.14. The summed E-state index contributed by atoms with van der Waals surface area (Å²) in [5, 5.41) is 15.9. The fourth-order valence-corrected chi connectivity index (χ4v) is 3.48. The molecule has 0 aromatic heterocycles. The molecule has 11 heteroatoms. The van der Waals surface area contributed by atoms with Gasteiger partial charge in [0.15, 0.2) is 5.11 Å². The Kier molecular flexibility index (Phi) is 7.15. The van der Waals surface area contributed by atoms with Crippen molar-refractivity contribution in [2.45, 2.75) is 18.2 Å². The number of nitro groups is 1. The van der Waals surface area contributed by atoms with E-state index < -0.39 is 20.9 Å². The lowest BCUT2D eigenvalue weighted by molar-refractivity contribution is -0.384. The van der Waals surface area contributed by atoms with Crippen molar-refractivity contribution in [1.29, 1.82) is 0 Å². The fraction of sp³-hybridized carbons (Fsp3) is 0.176. The van der Waals surface area contributed by atoms with Gasteiger partial charge in [0.2, 0.25) is 10.0 Å². The Balaban J connectivity index is 2.00. The minimum Gasteiger partial charge on any atom is -0.332 e. The van der Waals surface area contributed by atoms with E-state index in [0.29, 0.717) is 18.7 Å². The summed E-state index contributed by atoms with van der Waals surface area (Å²) in [5.41, 5.74) is 0.348. The highest BCUT2D eigenvalue weighted by molar-refractivity contribution is 7.89. The molecule has 1 amide bonds. The van der Waals surface area contributed by atoms with E-state index in [1.165, 1.54) is 42.5 Å². The zero-order chi connectivity index (χ0) is 20.7. The smallest absolute Gasteiger partial charge is 0.270 e. The lowest BCUT2D eigenvalue weighted by Gasteiger charge is -2.11. The van der Waals surface area contributed by atoms with E-state index in [1.807, 2.05) is 6.92 Å². The van der Waals surface area contributed by atoms with Crippen molar-refractivity contribution < 1.29 is 18.1 Å². The second kappa shape index (κ2) is 9.35. The minimum atomic E-state index is -3.57. The minimum absolute atomic E-state index is 0.0313. The number of rotatable bonds is 7. The first-order chi connectivity index (χ1) is 13.2. The Morgan fingerprint density at radius 3 is 2.46 bits per heavy atom. The first kappa shape index (κ1) is 21.4. The number of anilines is 1. The SMILES string of the molecule is CCCNS(=O)(=O)c1ccc(NC(=S)NC(=O)c2cccc([N+](=O)[O-])c2)cc1. The first-order valence-corrected chi connectivity index (χ1v) is 10.1. The number of benzene rings is 2. The van der Waals surface area contributed by atoms with E-state index in [0.717, 1.165) is 6.07 Å². The number of nitro benzene ring substituents is 1. The van der Waals surface area contributed by atoms with Crippen LogP contribution in [-0.4, -0.2) is 30.9 Å². The van der Waals surface area contributed by atoms with Gasteiger partial charge in [-0.1, -0.05) is 13.0 Å². The van der Waals surface area contributed by atoms with E-state index in [4.69, 9.17) is 12.2 Å². The number of hydrogen-bond donors (Lipinski definition) is 3. The molecular weight excluding hydrogens is 404 g/mol. The summed E-state index contributed by atoms with van der Waals surface area (Å²) in [6.45, 7) is 2.20. The van der Waals surface area contributed by atoms with Crippen LogP contribution in [0.25, 0.3) is 0 Å². The van der Waals surface area contributed by atoms with Crippen LogP contribution in [0.4, 0.5) is 11.4 Å². The maximum absolute atomic E-state index is 12.2. The molecule has 0 unspecified atom stereocenters. The van der Waals surface area contributed by atoms with Gasteiger partial charge in [-0.3, -0.25) is 20.2 Å². The van der Waals surface area contributed by atoms with Crippen LogP contribution in [0.3, 0.4) is 0 Å². The zero-order valence-corrected chi connectivity index (χ0v) is 16.5. The van der Waals surface area contributed by atoms with Gasteiger partial charge in [0.1, 0.15) is 0 Å². The summed E-state index contributed by atoms with van der Waals surface area (Å²) in [6.07, 6.45) is 0.678. The van der Waals surface area contributed by atoms with Gasteiger partial charge >= 0.3 is 0 Å². The summed E-state index contributed by atoms with van der Waals surface area (Å²) < 4.78 is 26.5. The van der Waals surface area contributed by atoms with Crippen molar-refractivity contribution in [3.8, 4) is 0 Å². The van der Waals surface area contributed by atoms with Gasteiger partial charge in [-0.15, -0.1) is 0 Å². The second-order valence-corrected chi connectivity index (χ2v) is 7.81. The van der Waals surface area contributed by atoms with Crippen LogP contribution >= 0.6 is 12.2 Å². The molecule has 0 saturated carbocycles. The quantitative estimate of drug-likeness (QED) is 0.355. The molecule has 28 heavy (non-hydrogen) atoms. The van der Waals surface area contributed by atoms with Gasteiger partial charge in [-0.05, 0) is 49.0 Å². The van der Waals surface area contributed by atoms with Gasteiger partial charge < -0.3 is 5.32 Å². The van der Waals surface area contributed by atoms with Crippen LogP contribution in [0.1, 0.15) is 23.7 Å². The standard InChI is InChI=1S/C17H18N4O5S2/c1-2-10-18-28(25,26)15-8-6-13(7-9-15)19-17(27)20-16(22)12-4-3-5-14(11-12)21(23)24/h3-9,11,18H,2,10H2,1H3,(H2,19,20,22,27). The van der Waals surface area contributed by atoms with Crippen molar-refractivity contribution in [3.05, 3.63) is 64.2 Å². The molecule has 148 valence electrons. The van der Waals surface area contributed by atoms with E-state index >= 15 is 0 Å². The highest BCUT2D eigenvalue weighted by atomic mass is 32.2. The van der Waals surface area contributed by atoms with Gasteiger partial charge in [0, 0.05) is 29.9 Å². The van der Waals surface area contributed by atoms with Crippen LogP contribution in [0.5, 0.6) is 0 Å². The number of carbonyl (C=O) groups is 1. The van der Waals surface area contributed by atoms with Crippen molar-refractivity contribution >= 4 is 44.6 Å². The number of amides is 1. The Morgan fingerprint density at radius 2 is 1.86 bits per heavy atom. The normalized spacial score (nSPS) is 10.9. The van der Waals surface area contributed by atoms with Crippen LogP contribution in [0, 0.1) is 10.1 Å². The molecule has 0 fully saturated rings. The molecule has 0 bridgehead atoms. The molecule has 0 heterocycles. The molecule has 0 aliphatic carbocycles. The molecule has 2 rings (SSSR count). The van der Waals surface area contributed by atoms with Crippen LogP contribution in [-0.2, 0) is 10.0 Å². The van der Waals surface area contributed by atoms with Crippen molar-refractivity contribution in [3.63, 3.8) is 0 Å². The summed E-state index contributed by atoms with van der Waals surface area (Å²) in [6, 6.07) is 11.1. The lowest BCUT2D eigenvalue weighted by Crippen LogP contribution is -2.34. The molecule has 0 radical (unpaired) electrons. The average molecular weight is 422 g/mol. The third-order valence-corrected chi connectivity index (χ3v) is 5.19. The topological polar surface area (TPSA) is 130 Å². The molecule has 2 aromatic rings. The molecule has 0 aliphatic heterocycles. The third-order valence-electron chi connectivity index (χ3n) is 3.51. The summed E-state index contributed by atoms with van der Waals surface area (Å²) in [5.74, 6) is -0.607. The lowest BCUT2D eigenvalue weighted by atomic mass is 10.2. The van der Waals surface area contributed by atoms with Crippen LogP contribution in [0.2, 0.25) is 0 Å². The van der Waals surface area contributed by atoms with Crippen molar-refractivity contribution in [2.75, 3.05) is 11.9 Å². The maximum atomic E-state index is 12.2. The molecule has 0 saturated heterocycles. The van der Waals surface area contributed by atoms with Crippen molar-refractivity contribution in [2.24, 2.45) is 0 Å². The number of carbonyl (C=O) groups excluding carboxylic acids is 1.